The average molecular weight is 279 g/mol. The second-order valence-corrected chi connectivity index (χ2v) is 4.30. The van der Waals surface area contributed by atoms with Crippen molar-refractivity contribution < 1.29 is 14.6 Å². The molecular formula is C17H13NO3. The van der Waals surface area contributed by atoms with Crippen molar-refractivity contribution in [2.45, 2.75) is 0 Å². The second kappa shape index (κ2) is 6.40. The molecule has 0 spiro atoms. The minimum atomic E-state index is -1.02. The van der Waals surface area contributed by atoms with E-state index in [1.165, 1.54) is 13.2 Å². The van der Waals surface area contributed by atoms with E-state index in [2.05, 4.69) is 0 Å². The van der Waals surface area contributed by atoms with Crippen LogP contribution in [0, 0.1) is 11.3 Å². The van der Waals surface area contributed by atoms with Gasteiger partial charge in [0.15, 0.2) is 0 Å². The van der Waals surface area contributed by atoms with Gasteiger partial charge in [-0.15, -0.1) is 0 Å². The monoisotopic (exact) mass is 279 g/mol. The molecule has 0 fully saturated rings. The molecule has 2 aromatic rings. The lowest BCUT2D eigenvalue weighted by atomic mass is 10.0. The van der Waals surface area contributed by atoms with Crippen LogP contribution in [0.2, 0.25) is 0 Å². The van der Waals surface area contributed by atoms with Gasteiger partial charge in [-0.1, -0.05) is 36.4 Å². The number of hydrogen-bond donors (Lipinski definition) is 1. The first-order valence-electron chi connectivity index (χ1n) is 6.24. The summed E-state index contributed by atoms with van der Waals surface area (Å²) in [5.41, 5.74) is 1.78. The summed E-state index contributed by atoms with van der Waals surface area (Å²) in [5, 5.41) is 18.4. The lowest BCUT2D eigenvalue weighted by Crippen LogP contribution is -1.99. The first-order valence-corrected chi connectivity index (χ1v) is 6.24. The number of hydrogen-bond acceptors (Lipinski definition) is 3. The van der Waals surface area contributed by atoms with E-state index in [0.29, 0.717) is 22.4 Å². The Bertz CT molecular complexity index is 727. The number of benzene rings is 2. The summed E-state index contributed by atoms with van der Waals surface area (Å²) in [4.78, 5) is 11.4. The Hall–Kier alpha value is -3.06. The van der Waals surface area contributed by atoms with Crippen LogP contribution >= 0.6 is 0 Å². The van der Waals surface area contributed by atoms with Crippen molar-refractivity contribution in [1.82, 2.24) is 0 Å². The fourth-order valence-electron chi connectivity index (χ4n) is 1.96. The third-order valence-corrected chi connectivity index (χ3v) is 2.97. The van der Waals surface area contributed by atoms with Gasteiger partial charge in [-0.05, 0) is 29.3 Å². The summed E-state index contributed by atoms with van der Waals surface area (Å²) in [6.07, 6.45) is 1.54. The molecule has 4 heteroatoms. The van der Waals surface area contributed by atoms with Gasteiger partial charge in [-0.25, -0.2) is 4.79 Å². The highest BCUT2D eigenvalue weighted by molar-refractivity contribution is 6.20. The van der Waals surface area contributed by atoms with E-state index in [4.69, 9.17) is 10.00 Å². The van der Waals surface area contributed by atoms with Gasteiger partial charge in [-0.2, -0.15) is 5.26 Å². The number of nitriles is 1. The maximum absolute atomic E-state index is 11.4. The predicted octanol–water partition coefficient (Wildman–Crippen LogP) is 3.19. The van der Waals surface area contributed by atoms with Gasteiger partial charge < -0.3 is 9.84 Å². The first kappa shape index (κ1) is 14.4. The van der Waals surface area contributed by atoms with Crippen LogP contribution in [-0.4, -0.2) is 18.2 Å². The fraction of sp³-hybridized carbons (Fsp3) is 0.0588. The normalized spacial score (nSPS) is 10.8. The molecule has 0 amide bonds. The summed E-state index contributed by atoms with van der Waals surface area (Å²) < 4.78 is 5.07. The van der Waals surface area contributed by atoms with Crippen molar-refractivity contribution in [2.24, 2.45) is 0 Å². The molecule has 0 saturated heterocycles. The lowest BCUT2D eigenvalue weighted by Gasteiger charge is -2.05. The fourth-order valence-corrected chi connectivity index (χ4v) is 1.96. The summed E-state index contributed by atoms with van der Waals surface area (Å²) in [5.74, 6) is -0.554. The van der Waals surface area contributed by atoms with E-state index < -0.39 is 5.97 Å². The van der Waals surface area contributed by atoms with Gasteiger partial charge in [0.25, 0.3) is 0 Å². The van der Waals surface area contributed by atoms with E-state index >= 15 is 0 Å². The zero-order valence-electron chi connectivity index (χ0n) is 11.4. The van der Waals surface area contributed by atoms with E-state index in [-0.39, 0.29) is 5.57 Å². The van der Waals surface area contributed by atoms with Crippen LogP contribution in [0.4, 0.5) is 0 Å². The largest absolute Gasteiger partial charge is 0.495 e. The average Bonchev–Trinajstić information content (AvgIpc) is 2.52. The van der Waals surface area contributed by atoms with E-state index in [9.17, 15) is 9.90 Å². The van der Waals surface area contributed by atoms with Crippen LogP contribution in [0.1, 0.15) is 16.7 Å². The third kappa shape index (κ3) is 3.28. The number of carboxylic acid groups (broad SMARTS) is 1. The van der Waals surface area contributed by atoms with Crippen molar-refractivity contribution in [3.05, 3.63) is 65.2 Å². The molecular weight excluding hydrogens is 266 g/mol. The van der Waals surface area contributed by atoms with Gasteiger partial charge in [0.2, 0.25) is 0 Å². The molecule has 21 heavy (non-hydrogen) atoms. The molecule has 4 nitrogen and oxygen atoms in total. The molecule has 0 unspecified atom stereocenters. The smallest absolute Gasteiger partial charge is 0.336 e. The Morgan fingerprint density at radius 2 is 1.95 bits per heavy atom. The van der Waals surface area contributed by atoms with Crippen LogP contribution in [-0.2, 0) is 4.79 Å². The Morgan fingerprint density at radius 1 is 1.24 bits per heavy atom. The number of nitrogens with zero attached hydrogens (tertiary/aromatic N) is 1. The van der Waals surface area contributed by atoms with Gasteiger partial charge in [0.05, 0.1) is 18.2 Å². The number of carbonyl (C=O) groups is 1. The van der Waals surface area contributed by atoms with Crippen LogP contribution in [0.15, 0.2) is 48.5 Å². The maximum Gasteiger partial charge on any atom is 0.336 e. The van der Waals surface area contributed by atoms with Crippen LogP contribution in [0.25, 0.3) is 11.6 Å². The molecule has 2 rings (SSSR count). The van der Waals surface area contributed by atoms with Crippen molar-refractivity contribution in [3.63, 3.8) is 0 Å². The van der Waals surface area contributed by atoms with Crippen molar-refractivity contribution >= 4 is 17.6 Å². The minimum absolute atomic E-state index is 0.171. The molecule has 0 bridgehead atoms. The molecule has 0 aliphatic rings. The topological polar surface area (TPSA) is 70.3 Å². The number of carboxylic acids is 1. The minimum Gasteiger partial charge on any atom is -0.495 e. The first-order chi connectivity index (χ1) is 10.2. The summed E-state index contributed by atoms with van der Waals surface area (Å²) in [6.45, 7) is 0. The Balaban J connectivity index is 2.50. The van der Waals surface area contributed by atoms with Crippen LogP contribution in [0.3, 0.4) is 0 Å². The summed E-state index contributed by atoms with van der Waals surface area (Å²) >= 11 is 0. The lowest BCUT2D eigenvalue weighted by molar-refractivity contribution is -0.130. The second-order valence-electron chi connectivity index (χ2n) is 4.30. The van der Waals surface area contributed by atoms with Crippen LogP contribution < -0.4 is 4.74 Å². The summed E-state index contributed by atoms with van der Waals surface area (Å²) in [6, 6.07) is 15.8. The maximum atomic E-state index is 11.4. The van der Waals surface area contributed by atoms with E-state index in [1.54, 1.807) is 42.5 Å². The third-order valence-electron chi connectivity index (χ3n) is 2.97. The Kier molecular flexibility index (Phi) is 4.37. The molecule has 0 atom stereocenters. The Labute approximate surface area is 122 Å². The standard InChI is InChI=1S/C17H13NO3/c1-21-16-8-7-12(9-14(16)11-18)10-15(17(19)20)13-5-3-2-4-6-13/h2-10H,1H3,(H,19,20). The highest BCUT2D eigenvalue weighted by Gasteiger charge is 2.11. The molecule has 2 aromatic carbocycles. The molecule has 0 radical (unpaired) electrons. The molecule has 0 heterocycles. The van der Waals surface area contributed by atoms with Gasteiger partial charge in [0, 0.05) is 0 Å². The molecule has 104 valence electrons. The zero-order chi connectivity index (χ0) is 15.2. The molecule has 0 aliphatic carbocycles. The quantitative estimate of drug-likeness (QED) is 0.689. The number of aliphatic carboxylic acids is 1. The molecule has 0 aromatic heterocycles. The van der Waals surface area contributed by atoms with Gasteiger partial charge in [-0.3, -0.25) is 0 Å². The highest BCUT2D eigenvalue weighted by Crippen LogP contribution is 2.23. The van der Waals surface area contributed by atoms with Gasteiger partial charge in [0.1, 0.15) is 11.8 Å². The molecule has 0 saturated carbocycles. The van der Waals surface area contributed by atoms with Crippen LogP contribution in [0.5, 0.6) is 5.75 Å². The van der Waals surface area contributed by atoms with E-state index in [0.717, 1.165) is 0 Å². The van der Waals surface area contributed by atoms with Crippen molar-refractivity contribution in [2.75, 3.05) is 7.11 Å². The van der Waals surface area contributed by atoms with Crippen molar-refractivity contribution in [3.8, 4) is 11.8 Å². The molecule has 0 aliphatic heterocycles. The number of ether oxygens (including phenoxy) is 1. The molecule has 1 N–H and O–H groups in total. The number of rotatable bonds is 4. The Morgan fingerprint density at radius 3 is 2.52 bits per heavy atom. The van der Waals surface area contributed by atoms with Gasteiger partial charge >= 0.3 is 5.97 Å². The van der Waals surface area contributed by atoms with Crippen molar-refractivity contribution in [1.29, 1.82) is 5.26 Å². The highest BCUT2D eigenvalue weighted by atomic mass is 16.5. The number of methoxy groups -OCH3 is 1. The van der Waals surface area contributed by atoms with E-state index in [1.807, 2.05) is 12.1 Å². The SMILES string of the molecule is COc1ccc(C=C(C(=O)O)c2ccccc2)cc1C#N. The summed E-state index contributed by atoms with van der Waals surface area (Å²) in [7, 11) is 1.48. The zero-order valence-corrected chi connectivity index (χ0v) is 11.4. The predicted molar refractivity (Wildman–Crippen MR) is 79.7 cm³/mol.